The number of nitrogens with zero attached hydrogens (tertiary/aromatic N) is 2. The second-order valence-corrected chi connectivity index (χ2v) is 9.15. The van der Waals surface area contributed by atoms with Gasteiger partial charge in [-0.05, 0) is 49.1 Å². The zero-order valence-electron chi connectivity index (χ0n) is 21.1. The molecular weight excluding hydrogens is 456 g/mol. The van der Waals surface area contributed by atoms with E-state index in [4.69, 9.17) is 4.42 Å². The highest BCUT2D eigenvalue weighted by Crippen LogP contribution is 2.26. The van der Waals surface area contributed by atoms with Gasteiger partial charge in [0.2, 0.25) is 17.7 Å². The number of pyridine rings is 1. The molecule has 3 rings (SSSR count). The highest BCUT2D eigenvalue weighted by molar-refractivity contribution is 5.94. The molecule has 3 amide bonds. The van der Waals surface area contributed by atoms with Gasteiger partial charge in [-0.1, -0.05) is 49.7 Å². The zero-order chi connectivity index (χ0) is 25.9. The van der Waals surface area contributed by atoms with E-state index in [0.29, 0.717) is 29.6 Å². The van der Waals surface area contributed by atoms with E-state index in [2.05, 4.69) is 29.5 Å². The minimum absolute atomic E-state index is 0.0420. The van der Waals surface area contributed by atoms with Crippen molar-refractivity contribution in [1.29, 1.82) is 0 Å². The Hall–Kier alpha value is -3.94. The van der Waals surface area contributed by atoms with Crippen LogP contribution in [0.4, 0.5) is 5.82 Å². The predicted molar refractivity (Wildman–Crippen MR) is 138 cm³/mol. The van der Waals surface area contributed by atoms with E-state index in [1.807, 2.05) is 31.2 Å². The summed E-state index contributed by atoms with van der Waals surface area (Å²) in [6, 6.07) is 15.4. The fourth-order valence-electron chi connectivity index (χ4n) is 3.70. The lowest BCUT2D eigenvalue weighted by Gasteiger charge is -2.31. The van der Waals surface area contributed by atoms with Crippen LogP contribution in [0.1, 0.15) is 56.0 Å². The standard InChI is InChI=1S/C28H34N4O4/c1-20(2)15-17-30-28(35)27(22-11-9-21(3)10-12-22)32(19-23-7-6-18-36-23)26(34)14-13-25(33)31-24-8-4-5-16-29-24/h4-12,16,18,20,27H,13-15,17,19H2,1-3H3,(H,30,35)(H,29,31,33)/t27-/m0/s1. The maximum atomic E-state index is 13.5. The number of aryl methyl sites for hydroxylation is 1. The molecule has 0 spiro atoms. The summed E-state index contributed by atoms with van der Waals surface area (Å²) in [5, 5.41) is 5.68. The van der Waals surface area contributed by atoms with Crippen molar-refractivity contribution in [2.75, 3.05) is 11.9 Å². The number of furan rings is 1. The quantitative estimate of drug-likeness (QED) is 0.385. The lowest BCUT2D eigenvalue weighted by molar-refractivity contribution is -0.142. The third-order valence-electron chi connectivity index (χ3n) is 5.70. The van der Waals surface area contributed by atoms with E-state index >= 15 is 0 Å². The molecule has 0 saturated heterocycles. The molecule has 0 aliphatic carbocycles. The first kappa shape index (κ1) is 26.7. The van der Waals surface area contributed by atoms with Gasteiger partial charge >= 0.3 is 0 Å². The second-order valence-electron chi connectivity index (χ2n) is 9.15. The van der Waals surface area contributed by atoms with E-state index < -0.39 is 6.04 Å². The van der Waals surface area contributed by atoms with Crippen LogP contribution < -0.4 is 10.6 Å². The zero-order valence-corrected chi connectivity index (χ0v) is 21.1. The number of anilines is 1. The largest absolute Gasteiger partial charge is 0.467 e. The molecule has 0 radical (unpaired) electrons. The summed E-state index contributed by atoms with van der Waals surface area (Å²) in [6.07, 6.45) is 3.82. The van der Waals surface area contributed by atoms with Gasteiger partial charge in [0.05, 0.1) is 12.8 Å². The number of amides is 3. The van der Waals surface area contributed by atoms with Crippen LogP contribution >= 0.6 is 0 Å². The normalized spacial score (nSPS) is 11.7. The minimum atomic E-state index is -0.866. The van der Waals surface area contributed by atoms with Crippen molar-refractivity contribution in [3.63, 3.8) is 0 Å². The summed E-state index contributed by atoms with van der Waals surface area (Å²) in [5.74, 6) is 0.484. The third-order valence-corrected chi connectivity index (χ3v) is 5.70. The Balaban J connectivity index is 1.81. The number of hydrogen-bond acceptors (Lipinski definition) is 5. The number of hydrogen-bond donors (Lipinski definition) is 2. The molecule has 190 valence electrons. The van der Waals surface area contributed by atoms with Crippen LogP contribution in [0.25, 0.3) is 0 Å². The van der Waals surface area contributed by atoms with Crippen LogP contribution in [0.15, 0.2) is 71.5 Å². The van der Waals surface area contributed by atoms with Crippen molar-refractivity contribution >= 4 is 23.5 Å². The molecule has 1 atom stereocenters. The summed E-state index contributed by atoms with van der Waals surface area (Å²) in [6.45, 7) is 6.75. The Morgan fingerprint density at radius 1 is 1.00 bits per heavy atom. The molecule has 0 fully saturated rings. The first-order valence-corrected chi connectivity index (χ1v) is 12.2. The van der Waals surface area contributed by atoms with Gasteiger partial charge in [-0.25, -0.2) is 4.98 Å². The monoisotopic (exact) mass is 490 g/mol. The lowest BCUT2D eigenvalue weighted by Crippen LogP contribution is -2.44. The maximum Gasteiger partial charge on any atom is 0.247 e. The Kier molecular flexibility index (Phi) is 9.80. The molecule has 0 saturated carbocycles. The molecule has 36 heavy (non-hydrogen) atoms. The molecule has 1 aromatic carbocycles. The Morgan fingerprint density at radius 3 is 2.42 bits per heavy atom. The molecule has 0 aliphatic rings. The van der Waals surface area contributed by atoms with Gasteiger partial charge in [-0.15, -0.1) is 0 Å². The van der Waals surface area contributed by atoms with E-state index in [0.717, 1.165) is 12.0 Å². The number of carbonyl (C=O) groups is 3. The van der Waals surface area contributed by atoms with E-state index in [-0.39, 0.29) is 37.1 Å². The topological polar surface area (TPSA) is 105 Å². The average molecular weight is 491 g/mol. The number of carbonyl (C=O) groups excluding carboxylic acids is 3. The van der Waals surface area contributed by atoms with Gasteiger partial charge in [0.15, 0.2) is 0 Å². The second kappa shape index (κ2) is 13.2. The number of rotatable bonds is 12. The Bertz CT molecular complexity index is 1110. The number of nitrogens with one attached hydrogen (secondary N) is 2. The van der Waals surface area contributed by atoms with Gasteiger partial charge in [-0.3, -0.25) is 14.4 Å². The van der Waals surface area contributed by atoms with E-state index in [9.17, 15) is 14.4 Å². The predicted octanol–water partition coefficient (Wildman–Crippen LogP) is 4.63. The summed E-state index contributed by atoms with van der Waals surface area (Å²) in [7, 11) is 0. The van der Waals surface area contributed by atoms with Crippen LogP contribution in [0.5, 0.6) is 0 Å². The SMILES string of the molecule is Cc1ccc([C@@H](C(=O)NCCC(C)C)N(Cc2ccco2)C(=O)CCC(=O)Nc2ccccn2)cc1. The van der Waals surface area contributed by atoms with Gasteiger partial charge in [-0.2, -0.15) is 0 Å². The van der Waals surface area contributed by atoms with Crippen molar-refractivity contribution in [3.05, 3.63) is 83.9 Å². The van der Waals surface area contributed by atoms with Crippen LogP contribution in [0.2, 0.25) is 0 Å². The summed E-state index contributed by atoms with van der Waals surface area (Å²) in [4.78, 5) is 45.0. The summed E-state index contributed by atoms with van der Waals surface area (Å²) in [5.41, 5.74) is 1.74. The molecule has 2 N–H and O–H groups in total. The van der Waals surface area contributed by atoms with Crippen LogP contribution in [-0.2, 0) is 20.9 Å². The van der Waals surface area contributed by atoms with Crippen LogP contribution in [0, 0.1) is 12.8 Å². The number of aromatic nitrogens is 1. The highest BCUT2D eigenvalue weighted by Gasteiger charge is 2.32. The highest BCUT2D eigenvalue weighted by atomic mass is 16.3. The molecular formula is C28H34N4O4. The molecule has 0 aliphatic heterocycles. The van der Waals surface area contributed by atoms with Gasteiger partial charge in [0.25, 0.3) is 0 Å². The fourth-order valence-corrected chi connectivity index (χ4v) is 3.70. The minimum Gasteiger partial charge on any atom is -0.467 e. The van der Waals surface area contributed by atoms with Crippen LogP contribution in [-0.4, -0.2) is 34.2 Å². The smallest absolute Gasteiger partial charge is 0.247 e. The molecule has 0 unspecified atom stereocenters. The van der Waals surface area contributed by atoms with Crippen molar-refractivity contribution in [3.8, 4) is 0 Å². The summed E-state index contributed by atoms with van der Waals surface area (Å²) < 4.78 is 5.50. The van der Waals surface area contributed by atoms with Gasteiger partial charge in [0.1, 0.15) is 17.6 Å². The summed E-state index contributed by atoms with van der Waals surface area (Å²) >= 11 is 0. The Morgan fingerprint density at radius 2 is 1.78 bits per heavy atom. The van der Waals surface area contributed by atoms with Crippen molar-refractivity contribution < 1.29 is 18.8 Å². The molecule has 2 heterocycles. The number of benzene rings is 1. The first-order valence-electron chi connectivity index (χ1n) is 12.2. The molecule has 0 bridgehead atoms. The fraction of sp³-hybridized carbons (Fsp3) is 0.357. The molecule has 8 heteroatoms. The van der Waals surface area contributed by atoms with Crippen molar-refractivity contribution in [1.82, 2.24) is 15.2 Å². The van der Waals surface area contributed by atoms with Crippen LogP contribution in [0.3, 0.4) is 0 Å². The maximum absolute atomic E-state index is 13.5. The van der Waals surface area contributed by atoms with E-state index in [1.165, 1.54) is 11.2 Å². The van der Waals surface area contributed by atoms with Gasteiger partial charge < -0.3 is 20.0 Å². The molecule has 3 aromatic rings. The van der Waals surface area contributed by atoms with Gasteiger partial charge in [0, 0.05) is 25.6 Å². The third kappa shape index (κ3) is 8.08. The average Bonchev–Trinajstić information content (AvgIpc) is 3.37. The molecule has 8 nitrogen and oxygen atoms in total. The van der Waals surface area contributed by atoms with Crippen molar-refractivity contribution in [2.24, 2.45) is 5.92 Å². The van der Waals surface area contributed by atoms with Crippen molar-refractivity contribution in [2.45, 2.75) is 52.6 Å². The molecule has 2 aromatic heterocycles. The van der Waals surface area contributed by atoms with E-state index in [1.54, 1.807) is 36.5 Å². The Labute approximate surface area is 212 Å². The lowest BCUT2D eigenvalue weighted by atomic mass is 10.0. The first-order chi connectivity index (χ1) is 17.3.